The standard InChI is InChI=1S/C18H17F2N3O3/c19-13-6-3-7-14(20)12(13)10-23(11-4-1-2-5-11)17(24)15-8-22-16(9-21-15)18(25)26/h3,6-9,11H,1-2,4-5,10H2,(H,25,26). The van der Waals surface area contributed by atoms with Gasteiger partial charge in [0.25, 0.3) is 5.91 Å². The van der Waals surface area contributed by atoms with Gasteiger partial charge in [0.2, 0.25) is 0 Å². The molecular weight excluding hydrogens is 344 g/mol. The van der Waals surface area contributed by atoms with E-state index in [4.69, 9.17) is 5.11 Å². The molecular formula is C18H17F2N3O3. The van der Waals surface area contributed by atoms with Gasteiger partial charge in [0.15, 0.2) is 5.69 Å². The first-order chi connectivity index (χ1) is 12.5. The molecule has 6 nitrogen and oxygen atoms in total. The highest BCUT2D eigenvalue weighted by molar-refractivity contribution is 5.93. The second-order valence-electron chi connectivity index (χ2n) is 6.16. The zero-order valence-electron chi connectivity index (χ0n) is 13.9. The Morgan fingerprint density at radius 3 is 2.19 bits per heavy atom. The highest BCUT2D eigenvalue weighted by atomic mass is 19.1. The van der Waals surface area contributed by atoms with Crippen LogP contribution in [-0.2, 0) is 6.54 Å². The van der Waals surface area contributed by atoms with Gasteiger partial charge in [0, 0.05) is 11.6 Å². The fourth-order valence-electron chi connectivity index (χ4n) is 3.13. The zero-order valence-corrected chi connectivity index (χ0v) is 13.9. The van der Waals surface area contributed by atoms with Crippen LogP contribution in [0.25, 0.3) is 0 Å². The normalized spacial score (nSPS) is 14.4. The predicted molar refractivity (Wildman–Crippen MR) is 87.5 cm³/mol. The van der Waals surface area contributed by atoms with Crippen LogP contribution in [-0.4, -0.2) is 37.9 Å². The number of carbonyl (C=O) groups excluding carboxylic acids is 1. The summed E-state index contributed by atoms with van der Waals surface area (Å²) < 4.78 is 28.1. The number of aromatic nitrogens is 2. The number of hydrogen-bond donors (Lipinski definition) is 1. The van der Waals surface area contributed by atoms with E-state index in [9.17, 15) is 18.4 Å². The van der Waals surface area contributed by atoms with Crippen LogP contribution in [0.2, 0.25) is 0 Å². The minimum absolute atomic E-state index is 0.0568. The first-order valence-corrected chi connectivity index (χ1v) is 8.26. The smallest absolute Gasteiger partial charge is 0.356 e. The third-order valence-electron chi connectivity index (χ3n) is 4.51. The number of nitrogens with zero attached hydrogens (tertiary/aromatic N) is 3. The van der Waals surface area contributed by atoms with Gasteiger partial charge in [-0.25, -0.2) is 23.5 Å². The van der Waals surface area contributed by atoms with Crippen molar-refractivity contribution < 1.29 is 23.5 Å². The molecule has 1 amide bonds. The summed E-state index contributed by atoms with van der Waals surface area (Å²) in [5, 5.41) is 8.87. The summed E-state index contributed by atoms with van der Waals surface area (Å²) in [6.07, 6.45) is 5.40. The lowest BCUT2D eigenvalue weighted by atomic mass is 10.1. The van der Waals surface area contributed by atoms with Crippen molar-refractivity contribution in [3.63, 3.8) is 0 Å². The zero-order chi connectivity index (χ0) is 18.7. The molecule has 1 fully saturated rings. The Morgan fingerprint density at radius 2 is 1.65 bits per heavy atom. The van der Waals surface area contributed by atoms with Crippen LogP contribution in [0.3, 0.4) is 0 Å². The molecule has 2 aromatic rings. The van der Waals surface area contributed by atoms with Crippen LogP contribution in [0.1, 0.15) is 52.2 Å². The lowest BCUT2D eigenvalue weighted by Gasteiger charge is -2.29. The molecule has 0 aliphatic heterocycles. The summed E-state index contributed by atoms with van der Waals surface area (Å²) in [4.78, 5) is 32.7. The fraction of sp³-hybridized carbons (Fsp3) is 0.333. The van der Waals surface area contributed by atoms with E-state index in [0.717, 1.165) is 50.2 Å². The average Bonchev–Trinajstić information content (AvgIpc) is 3.15. The summed E-state index contributed by atoms with van der Waals surface area (Å²) in [5.41, 5.74) is -0.518. The number of carboxylic acids is 1. The van der Waals surface area contributed by atoms with Gasteiger partial charge >= 0.3 is 5.97 Å². The first kappa shape index (κ1) is 17.9. The Hall–Kier alpha value is -2.90. The highest BCUT2D eigenvalue weighted by Gasteiger charge is 2.30. The SMILES string of the molecule is O=C(O)c1cnc(C(=O)N(Cc2c(F)cccc2F)C2CCCC2)cn1. The molecule has 8 heteroatoms. The number of rotatable bonds is 5. The van der Waals surface area contributed by atoms with E-state index in [1.807, 2.05) is 0 Å². The Kier molecular flexibility index (Phi) is 5.20. The number of carboxylic acid groups (broad SMARTS) is 1. The number of aromatic carboxylic acids is 1. The molecule has 0 saturated heterocycles. The number of halogens is 2. The van der Waals surface area contributed by atoms with E-state index in [0.29, 0.717) is 0 Å². The highest BCUT2D eigenvalue weighted by Crippen LogP contribution is 2.27. The largest absolute Gasteiger partial charge is 0.476 e. The fourth-order valence-corrected chi connectivity index (χ4v) is 3.13. The molecule has 1 saturated carbocycles. The lowest BCUT2D eigenvalue weighted by molar-refractivity contribution is 0.0646. The van der Waals surface area contributed by atoms with Crippen molar-refractivity contribution in [2.75, 3.05) is 0 Å². The molecule has 1 N–H and O–H groups in total. The van der Waals surface area contributed by atoms with Gasteiger partial charge in [-0.15, -0.1) is 0 Å². The van der Waals surface area contributed by atoms with Crippen LogP contribution in [0, 0.1) is 11.6 Å². The van der Waals surface area contributed by atoms with Gasteiger partial charge < -0.3 is 10.0 Å². The molecule has 1 aliphatic carbocycles. The molecule has 0 unspecified atom stereocenters. The van der Waals surface area contributed by atoms with Gasteiger partial charge in [-0.05, 0) is 25.0 Å². The molecule has 0 atom stereocenters. The van der Waals surface area contributed by atoms with E-state index in [1.54, 1.807) is 0 Å². The summed E-state index contributed by atoms with van der Waals surface area (Å²) in [6.45, 7) is -0.218. The van der Waals surface area contributed by atoms with E-state index in [1.165, 1.54) is 11.0 Å². The molecule has 1 aliphatic rings. The second-order valence-corrected chi connectivity index (χ2v) is 6.16. The molecule has 26 heavy (non-hydrogen) atoms. The quantitative estimate of drug-likeness (QED) is 0.885. The van der Waals surface area contributed by atoms with Crippen LogP contribution in [0.15, 0.2) is 30.6 Å². The third-order valence-corrected chi connectivity index (χ3v) is 4.51. The van der Waals surface area contributed by atoms with Crippen LogP contribution < -0.4 is 0 Å². The van der Waals surface area contributed by atoms with Crippen LogP contribution in [0.4, 0.5) is 8.78 Å². The van der Waals surface area contributed by atoms with Gasteiger partial charge in [-0.1, -0.05) is 18.9 Å². The maximum absolute atomic E-state index is 14.0. The summed E-state index contributed by atoms with van der Waals surface area (Å²) >= 11 is 0. The van der Waals surface area contributed by atoms with Crippen molar-refractivity contribution in [3.8, 4) is 0 Å². The second kappa shape index (κ2) is 7.55. The minimum Gasteiger partial charge on any atom is -0.476 e. The van der Waals surface area contributed by atoms with E-state index >= 15 is 0 Å². The van der Waals surface area contributed by atoms with Gasteiger partial charge in [-0.3, -0.25) is 4.79 Å². The molecule has 1 heterocycles. The molecule has 1 aromatic carbocycles. The van der Waals surface area contributed by atoms with Gasteiger partial charge in [0.05, 0.1) is 18.9 Å². The first-order valence-electron chi connectivity index (χ1n) is 8.26. The molecule has 3 rings (SSSR count). The van der Waals surface area contributed by atoms with Gasteiger partial charge in [-0.2, -0.15) is 0 Å². The monoisotopic (exact) mass is 361 g/mol. The van der Waals surface area contributed by atoms with Gasteiger partial charge in [0.1, 0.15) is 17.3 Å². The van der Waals surface area contributed by atoms with Crippen molar-refractivity contribution in [1.29, 1.82) is 0 Å². The van der Waals surface area contributed by atoms with E-state index in [-0.39, 0.29) is 29.5 Å². The van der Waals surface area contributed by atoms with Crippen molar-refractivity contribution in [2.24, 2.45) is 0 Å². The molecule has 1 aromatic heterocycles. The van der Waals surface area contributed by atoms with Crippen LogP contribution >= 0.6 is 0 Å². The lowest BCUT2D eigenvalue weighted by Crippen LogP contribution is -2.39. The topological polar surface area (TPSA) is 83.4 Å². The molecule has 0 spiro atoms. The molecule has 136 valence electrons. The van der Waals surface area contributed by atoms with Crippen LogP contribution in [0.5, 0.6) is 0 Å². The predicted octanol–water partition coefficient (Wildman–Crippen LogP) is 3.04. The number of hydrogen-bond acceptors (Lipinski definition) is 4. The van der Waals surface area contributed by atoms with Crippen molar-refractivity contribution >= 4 is 11.9 Å². The summed E-state index contributed by atoms with van der Waals surface area (Å²) in [5.74, 6) is -3.21. The maximum atomic E-state index is 14.0. The Balaban J connectivity index is 1.90. The van der Waals surface area contributed by atoms with E-state index in [2.05, 4.69) is 9.97 Å². The molecule has 0 radical (unpaired) electrons. The van der Waals surface area contributed by atoms with Crippen molar-refractivity contribution in [1.82, 2.24) is 14.9 Å². The Morgan fingerprint density at radius 1 is 1.08 bits per heavy atom. The third kappa shape index (κ3) is 3.68. The minimum atomic E-state index is -1.25. The number of carbonyl (C=O) groups is 2. The Bertz CT molecular complexity index is 801. The Labute approximate surface area is 148 Å². The van der Waals surface area contributed by atoms with Crippen molar-refractivity contribution in [3.05, 3.63) is 59.2 Å². The van der Waals surface area contributed by atoms with E-state index < -0.39 is 23.5 Å². The molecule has 0 bridgehead atoms. The average molecular weight is 361 g/mol. The van der Waals surface area contributed by atoms with Crippen molar-refractivity contribution in [2.45, 2.75) is 38.3 Å². The maximum Gasteiger partial charge on any atom is 0.356 e. The number of amides is 1. The summed E-state index contributed by atoms with van der Waals surface area (Å²) in [6, 6.07) is 3.42. The summed E-state index contributed by atoms with van der Waals surface area (Å²) in [7, 11) is 0. The number of benzene rings is 1.